The van der Waals surface area contributed by atoms with E-state index in [1.165, 1.54) is 20.3 Å². The summed E-state index contributed by atoms with van der Waals surface area (Å²) < 4.78 is 1.29. The van der Waals surface area contributed by atoms with Gasteiger partial charge in [0, 0.05) is 84.3 Å². The Balaban J connectivity index is 0.000000233. The monoisotopic (exact) mass is 1070 g/mol. The smallest absolute Gasteiger partial charge is 0.130 e. The van der Waals surface area contributed by atoms with Gasteiger partial charge in [-0.05, 0) is 83.8 Å². The number of imidazole rings is 1. The van der Waals surface area contributed by atoms with Gasteiger partial charge in [0.05, 0.1) is 42.7 Å². The molecule has 13 heteroatoms. The van der Waals surface area contributed by atoms with Crippen LogP contribution in [-0.4, -0.2) is 55.1 Å². The maximum absolute atomic E-state index is 4.53. The first-order chi connectivity index (χ1) is 36.9. The summed E-state index contributed by atoms with van der Waals surface area (Å²) in [6.45, 7) is 34.2. The molecule has 408 valence electrons. The molecule has 0 unspecified atom stereocenters. The second-order valence-electron chi connectivity index (χ2n) is 20.3. The largest absolute Gasteiger partial charge is 0.342 e. The van der Waals surface area contributed by atoms with Crippen molar-refractivity contribution >= 4 is 43.9 Å². The topological polar surface area (TPSA) is 145 Å². The number of rotatable bonds is 8. The second-order valence-corrected chi connectivity index (χ2v) is 22.3. The van der Waals surface area contributed by atoms with E-state index >= 15 is 0 Å². The van der Waals surface area contributed by atoms with Crippen LogP contribution < -0.4 is 0 Å². The molecular weight excluding hydrogens is 987 g/mol. The Kier molecular flexibility index (Phi) is 30.2. The molecule has 3 aromatic carbocycles. The van der Waals surface area contributed by atoms with Crippen molar-refractivity contribution in [2.45, 2.75) is 158 Å². The lowest BCUT2D eigenvalue weighted by atomic mass is 10.0. The number of hydrogen-bond donors (Lipinski definition) is 1. The summed E-state index contributed by atoms with van der Waals surface area (Å²) in [7, 11) is 0. The van der Waals surface area contributed by atoms with Crippen molar-refractivity contribution in [3.8, 4) is 0 Å². The molecule has 7 heterocycles. The Morgan fingerprint density at radius 1 is 0.390 bits per heavy atom. The minimum Gasteiger partial charge on any atom is -0.342 e. The summed E-state index contributed by atoms with van der Waals surface area (Å²) in [5, 5.41) is 12.2. The first kappa shape index (κ1) is 64.3. The number of nitrogens with one attached hydrogen (secondary N) is 1. The zero-order valence-electron chi connectivity index (χ0n) is 48.6. The molecule has 7 aromatic heterocycles. The molecular formula is C64H85N11S2. The van der Waals surface area contributed by atoms with Crippen molar-refractivity contribution in [2.24, 2.45) is 0 Å². The van der Waals surface area contributed by atoms with Gasteiger partial charge in [-0.15, -0.1) is 22.7 Å². The number of para-hydroxylation sites is 3. The molecule has 0 aliphatic rings. The van der Waals surface area contributed by atoms with Gasteiger partial charge in [0.15, 0.2) is 0 Å². The van der Waals surface area contributed by atoms with Crippen molar-refractivity contribution < 1.29 is 0 Å². The Bertz CT molecular complexity index is 2580. The van der Waals surface area contributed by atoms with E-state index in [4.69, 9.17) is 0 Å². The second kappa shape index (κ2) is 36.1. The van der Waals surface area contributed by atoms with Crippen LogP contribution in [0.5, 0.6) is 0 Å². The van der Waals surface area contributed by atoms with Gasteiger partial charge < -0.3 is 4.98 Å². The molecule has 0 spiro atoms. The molecule has 0 aliphatic carbocycles. The summed E-state index contributed by atoms with van der Waals surface area (Å²) in [6, 6.07) is 38.6. The summed E-state index contributed by atoms with van der Waals surface area (Å²) in [6.07, 6.45) is 14.1. The molecule has 11 nitrogen and oxygen atoms in total. The fourth-order valence-electron chi connectivity index (χ4n) is 6.30. The van der Waals surface area contributed by atoms with Crippen molar-refractivity contribution in [3.05, 3.63) is 215 Å². The number of nitrogens with zero attached hydrogens (tertiary/aromatic N) is 10. The highest BCUT2D eigenvalue weighted by molar-refractivity contribution is 7.18. The number of thiazole rings is 2. The molecule has 0 aliphatic heterocycles. The van der Waals surface area contributed by atoms with Gasteiger partial charge in [0.2, 0.25) is 0 Å². The lowest BCUT2D eigenvalue weighted by molar-refractivity contribution is 0.774. The van der Waals surface area contributed by atoms with E-state index < -0.39 is 0 Å². The third kappa shape index (κ3) is 25.6. The van der Waals surface area contributed by atoms with Crippen LogP contribution in [-0.2, 0) is 0 Å². The average molecular weight is 1070 g/mol. The predicted octanol–water partition coefficient (Wildman–Crippen LogP) is 18.2. The van der Waals surface area contributed by atoms with Crippen LogP contribution in [0.1, 0.15) is 202 Å². The minimum atomic E-state index is 0.436. The van der Waals surface area contributed by atoms with E-state index in [9.17, 15) is 0 Å². The molecule has 10 aromatic rings. The zero-order valence-corrected chi connectivity index (χ0v) is 50.2. The quantitative estimate of drug-likeness (QED) is 0.156. The Labute approximate surface area is 469 Å². The SMILES string of the molecule is CC(C)c1ccccc1.CC(C)c1ccccn1.CC(C)c1cccnn1.CC(C)c1cnccn1.CC(C)c1nc2ccccc2[nH]1.CC(C)c1nc2ccccc2s1.CC(C)c1ncccn1.CC(C)c1nccs1. The third-order valence-electron chi connectivity index (χ3n) is 10.9. The van der Waals surface area contributed by atoms with Crippen LogP contribution in [0.15, 0.2) is 170 Å². The normalized spacial score (nSPS) is 10.5. The Hall–Kier alpha value is -6.96. The molecule has 10 rings (SSSR count). The number of hydrogen-bond acceptors (Lipinski definition) is 12. The van der Waals surface area contributed by atoms with Crippen LogP contribution in [0, 0.1) is 0 Å². The third-order valence-corrected chi connectivity index (χ3v) is 13.3. The molecule has 0 bridgehead atoms. The standard InChI is InChI=1S/C10H12N2.C10H11NS.C9H12.C8H11N.3C7H10N2.C6H9NS/c2*1-7(2)10-11-8-5-3-4-6-9(8)12-10;1-8(2)9-6-4-3-5-7-9;1-7(2)8-5-3-4-6-9-8;1-6(2)7-5-8-3-4-9-7;1-6(2)7-8-4-3-5-9-7;1-6(2)7-4-3-5-8-9-7;1-5(2)6-7-3-4-8-6/h3-7H,1-2H3,(H,11,12);3-7H,1-2H3;3-8H,1-2H3;3-7H,1-2H3;3*3-6H,1-2H3;3-5H,1-2H3. The Morgan fingerprint density at radius 2 is 0.974 bits per heavy atom. The number of aromatic nitrogens is 11. The van der Waals surface area contributed by atoms with Gasteiger partial charge in [-0.2, -0.15) is 10.2 Å². The molecule has 0 saturated carbocycles. The molecule has 0 saturated heterocycles. The van der Waals surface area contributed by atoms with Crippen LogP contribution in [0.25, 0.3) is 21.3 Å². The fourth-order valence-corrected chi connectivity index (χ4v) is 7.92. The lowest BCUT2D eigenvalue weighted by Crippen LogP contribution is -1.93. The highest BCUT2D eigenvalue weighted by atomic mass is 32.1. The summed E-state index contributed by atoms with van der Waals surface area (Å²) in [5.41, 5.74) is 8.00. The highest BCUT2D eigenvalue weighted by Gasteiger charge is 2.07. The van der Waals surface area contributed by atoms with E-state index in [1.54, 1.807) is 59.9 Å². The maximum atomic E-state index is 4.53. The van der Waals surface area contributed by atoms with E-state index in [-0.39, 0.29) is 0 Å². The molecule has 0 radical (unpaired) electrons. The summed E-state index contributed by atoms with van der Waals surface area (Å²) in [4.78, 5) is 36.8. The predicted molar refractivity (Wildman–Crippen MR) is 327 cm³/mol. The Morgan fingerprint density at radius 3 is 1.39 bits per heavy atom. The maximum Gasteiger partial charge on any atom is 0.130 e. The number of aromatic amines is 1. The number of fused-ring (bicyclic) bond motifs is 2. The van der Waals surface area contributed by atoms with Gasteiger partial charge in [0.1, 0.15) is 11.6 Å². The van der Waals surface area contributed by atoms with E-state index in [2.05, 4.69) is 208 Å². The van der Waals surface area contributed by atoms with Gasteiger partial charge in [-0.25, -0.2) is 24.9 Å². The van der Waals surface area contributed by atoms with Crippen molar-refractivity contribution in [1.82, 2.24) is 55.1 Å². The minimum absolute atomic E-state index is 0.436. The van der Waals surface area contributed by atoms with Crippen molar-refractivity contribution in [1.29, 1.82) is 0 Å². The van der Waals surface area contributed by atoms with Crippen LogP contribution >= 0.6 is 22.7 Å². The summed E-state index contributed by atoms with van der Waals surface area (Å²) in [5.74, 6) is 6.20. The molecule has 1 N–H and O–H groups in total. The van der Waals surface area contributed by atoms with Gasteiger partial charge in [0.25, 0.3) is 0 Å². The van der Waals surface area contributed by atoms with Crippen LogP contribution in [0.3, 0.4) is 0 Å². The summed E-state index contributed by atoms with van der Waals surface area (Å²) >= 11 is 3.51. The van der Waals surface area contributed by atoms with E-state index in [0.717, 1.165) is 45.3 Å². The van der Waals surface area contributed by atoms with Crippen molar-refractivity contribution in [2.75, 3.05) is 0 Å². The highest BCUT2D eigenvalue weighted by Crippen LogP contribution is 2.26. The number of pyridine rings is 1. The lowest BCUT2D eigenvalue weighted by Gasteiger charge is -2.01. The molecule has 77 heavy (non-hydrogen) atoms. The molecule has 0 atom stereocenters. The van der Waals surface area contributed by atoms with Gasteiger partial charge in [-0.3, -0.25) is 15.0 Å². The fraction of sp³-hybridized carbons (Fsp3) is 0.375. The van der Waals surface area contributed by atoms with Gasteiger partial charge >= 0.3 is 0 Å². The first-order valence-electron chi connectivity index (χ1n) is 26.8. The first-order valence-corrected chi connectivity index (χ1v) is 28.5. The van der Waals surface area contributed by atoms with E-state index in [0.29, 0.717) is 47.3 Å². The van der Waals surface area contributed by atoms with E-state index in [1.807, 2.05) is 90.6 Å². The van der Waals surface area contributed by atoms with Crippen LogP contribution in [0.2, 0.25) is 0 Å². The zero-order chi connectivity index (χ0) is 56.5. The molecule has 0 amide bonds. The number of H-pyrrole nitrogens is 1. The van der Waals surface area contributed by atoms with Crippen molar-refractivity contribution in [3.63, 3.8) is 0 Å². The van der Waals surface area contributed by atoms with Gasteiger partial charge in [-0.1, -0.05) is 171 Å². The molecule has 0 fully saturated rings. The average Bonchev–Trinajstić information content (AvgIpc) is 4.26. The number of benzene rings is 3. The van der Waals surface area contributed by atoms with Crippen LogP contribution in [0.4, 0.5) is 0 Å².